The second-order valence-electron chi connectivity index (χ2n) is 7.50. The van der Waals surface area contributed by atoms with Crippen LogP contribution < -0.4 is 10.2 Å². The highest BCUT2D eigenvalue weighted by atomic mass is 32.2. The Morgan fingerprint density at radius 3 is 2.23 bits per heavy atom. The second kappa shape index (κ2) is 9.31. The number of aryl methyl sites for hydroxylation is 1. The third kappa shape index (κ3) is 5.11. The number of carbonyl (C=O) groups is 1. The predicted molar refractivity (Wildman–Crippen MR) is 121 cm³/mol. The maximum atomic E-state index is 13.3. The van der Waals surface area contributed by atoms with Gasteiger partial charge in [0.15, 0.2) is 9.84 Å². The van der Waals surface area contributed by atoms with E-state index in [0.717, 1.165) is 23.4 Å². The molecular weight excluding hydrogens is 415 g/mol. The normalized spacial score (nSPS) is 12.3. The van der Waals surface area contributed by atoms with Gasteiger partial charge in [-0.15, -0.1) is 0 Å². The van der Waals surface area contributed by atoms with Gasteiger partial charge in [-0.25, -0.2) is 12.8 Å². The van der Waals surface area contributed by atoms with Crippen molar-refractivity contribution in [2.45, 2.75) is 17.1 Å². The molecule has 0 bridgehead atoms. The summed E-state index contributed by atoms with van der Waals surface area (Å²) in [6, 6.07) is 18.7. The largest absolute Gasteiger partial charge is 0.377 e. The molecule has 0 saturated heterocycles. The van der Waals surface area contributed by atoms with E-state index in [1.807, 2.05) is 32.0 Å². The number of hydrogen-bond donors (Lipinski definition) is 1. The molecule has 3 aromatic rings. The zero-order chi connectivity index (χ0) is 22.6. The van der Waals surface area contributed by atoms with Gasteiger partial charge in [-0.2, -0.15) is 0 Å². The molecule has 1 N–H and O–H groups in total. The standard InChI is InChI=1S/C24H25FN2O3S/c1-17-15-19(9-14-22(17)27(2)3)24(28)26-16-23(18-7-5-4-6-8-18)31(29,30)21-12-10-20(25)11-13-21/h4-15,23H,16H2,1-3H3,(H,26,28). The van der Waals surface area contributed by atoms with Gasteiger partial charge in [-0.05, 0) is 60.5 Å². The van der Waals surface area contributed by atoms with Gasteiger partial charge in [0.1, 0.15) is 11.1 Å². The van der Waals surface area contributed by atoms with Crippen molar-refractivity contribution < 1.29 is 17.6 Å². The van der Waals surface area contributed by atoms with E-state index in [1.165, 1.54) is 12.1 Å². The van der Waals surface area contributed by atoms with Crippen molar-refractivity contribution in [2.24, 2.45) is 0 Å². The first-order chi connectivity index (χ1) is 14.7. The van der Waals surface area contributed by atoms with Crippen LogP contribution in [0.5, 0.6) is 0 Å². The first kappa shape index (κ1) is 22.5. The maximum Gasteiger partial charge on any atom is 0.251 e. The summed E-state index contributed by atoms with van der Waals surface area (Å²) >= 11 is 0. The van der Waals surface area contributed by atoms with Gasteiger partial charge in [0.05, 0.1) is 4.90 Å². The van der Waals surface area contributed by atoms with Crippen LogP contribution in [0.25, 0.3) is 0 Å². The summed E-state index contributed by atoms with van der Waals surface area (Å²) in [6.07, 6.45) is 0. The average molecular weight is 441 g/mol. The molecular formula is C24H25FN2O3S. The third-order valence-corrected chi connectivity index (χ3v) is 7.19. The smallest absolute Gasteiger partial charge is 0.251 e. The van der Waals surface area contributed by atoms with E-state index < -0.39 is 20.9 Å². The van der Waals surface area contributed by atoms with E-state index in [1.54, 1.807) is 42.5 Å². The molecule has 0 aliphatic carbocycles. The Morgan fingerprint density at radius 2 is 1.65 bits per heavy atom. The Morgan fingerprint density at radius 1 is 1.00 bits per heavy atom. The van der Waals surface area contributed by atoms with Gasteiger partial charge in [-0.3, -0.25) is 4.79 Å². The number of nitrogens with one attached hydrogen (secondary N) is 1. The third-order valence-electron chi connectivity index (χ3n) is 5.08. The molecule has 0 heterocycles. The fourth-order valence-electron chi connectivity index (χ4n) is 3.45. The van der Waals surface area contributed by atoms with Gasteiger partial charge in [0, 0.05) is 31.9 Å². The topological polar surface area (TPSA) is 66.5 Å². The molecule has 0 radical (unpaired) electrons. The minimum absolute atomic E-state index is 0.00295. The van der Waals surface area contributed by atoms with Crippen molar-refractivity contribution in [3.05, 3.63) is 95.3 Å². The minimum atomic E-state index is -3.86. The van der Waals surface area contributed by atoms with Crippen LogP contribution in [0.15, 0.2) is 77.7 Å². The number of sulfone groups is 1. The van der Waals surface area contributed by atoms with E-state index in [4.69, 9.17) is 0 Å². The Hall–Kier alpha value is -3.19. The molecule has 1 atom stereocenters. The molecule has 1 unspecified atom stereocenters. The highest BCUT2D eigenvalue weighted by Gasteiger charge is 2.29. The van der Waals surface area contributed by atoms with E-state index in [9.17, 15) is 17.6 Å². The van der Waals surface area contributed by atoms with Crippen molar-refractivity contribution in [2.75, 3.05) is 25.5 Å². The maximum absolute atomic E-state index is 13.3. The Labute approximate surface area is 182 Å². The number of amides is 1. The molecule has 0 fully saturated rings. The molecule has 3 rings (SSSR count). The Bertz CT molecular complexity index is 1160. The molecule has 1 amide bonds. The monoisotopic (exact) mass is 440 g/mol. The SMILES string of the molecule is Cc1cc(C(=O)NCC(c2ccccc2)S(=O)(=O)c2ccc(F)cc2)ccc1N(C)C. The van der Waals surface area contributed by atoms with Crippen LogP contribution in [0.1, 0.15) is 26.7 Å². The molecule has 5 nitrogen and oxygen atoms in total. The number of nitrogens with zero attached hydrogens (tertiary/aromatic N) is 1. The summed E-state index contributed by atoms with van der Waals surface area (Å²) in [4.78, 5) is 14.7. The minimum Gasteiger partial charge on any atom is -0.377 e. The highest BCUT2D eigenvalue weighted by Crippen LogP contribution is 2.29. The first-order valence-electron chi connectivity index (χ1n) is 9.80. The Kier molecular flexibility index (Phi) is 6.75. The van der Waals surface area contributed by atoms with E-state index >= 15 is 0 Å². The molecule has 0 saturated carbocycles. The summed E-state index contributed by atoms with van der Waals surface area (Å²) in [5, 5.41) is 1.75. The number of benzene rings is 3. The fraction of sp³-hybridized carbons (Fsp3) is 0.208. The van der Waals surface area contributed by atoms with Crippen LogP contribution in [0.3, 0.4) is 0 Å². The van der Waals surface area contributed by atoms with Gasteiger partial charge in [0.2, 0.25) is 0 Å². The summed E-state index contributed by atoms with van der Waals surface area (Å²) in [6.45, 7) is 1.80. The van der Waals surface area contributed by atoms with Gasteiger partial charge in [-0.1, -0.05) is 30.3 Å². The van der Waals surface area contributed by atoms with Crippen LogP contribution in [0.2, 0.25) is 0 Å². The van der Waals surface area contributed by atoms with Crippen LogP contribution in [0, 0.1) is 12.7 Å². The van der Waals surface area contributed by atoms with Crippen LogP contribution in [-0.4, -0.2) is 35.0 Å². The first-order valence-corrected chi connectivity index (χ1v) is 11.4. The molecule has 31 heavy (non-hydrogen) atoms. The molecule has 0 aliphatic heterocycles. The molecule has 0 spiro atoms. The van der Waals surface area contributed by atoms with Crippen molar-refractivity contribution in [3.63, 3.8) is 0 Å². The number of carbonyl (C=O) groups excluding carboxylic acids is 1. The summed E-state index contributed by atoms with van der Waals surface area (Å²) < 4.78 is 39.9. The molecule has 0 aromatic heterocycles. The molecule has 3 aromatic carbocycles. The van der Waals surface area contributed by atoms with E-state index in [0.29, 0.717) is 11.1 Å². The lowest BCUT2D eigenvalue weighted by Crippen LogP contribution is -2.32. The quantitative estimate of drug-likeness (QED) is 0.561. The summed E-state index contributed by atoms with van der Waals surface area (Å²) in [5.74, 6) is -0.872. The van der Waals surface area contributed by atoms with Crippen LogP contribution in [-0.2, 0) is 9.84 Å². The molecule has 162 valence electrons. The van der Waals surface area contributed by atoms with Crippen molar-refractivity contribution in [3.8, 4) is 0 Å². The number of halogens is 1. The van der Waals surface area contributed by atoms with E-state index in [-0.39, 0.29) is 17.3 Å². The average Bonchev–Trinajstić information content (AvgIpc) is 2.74. The highest BCUT2D eigenvalue weighted by molar-refractivity contribution is 7.91. The number of anilines is 1. The molecule has 0 aliphatic rings. The number of hydrogen-bond acceptors (Lipinski definition) is 4. The van der Waals surface area contributed by atoms with Crippen molar-refractivity contribution in [1.82, 2.24) is 5.32 Å². The summed E-state index contributed by atoms with van der Waals surface area (Å²) in [7, 11) is -0.0160. The number of rotatable bonds is 7. The van der Waals surface area contributed by atoms with Crippen LogP contribution in [0.4, 0.5) is 10.1 Å². The van der Waals surface area contributed by atoms with Crippen molar-refractivity contribution in [1.29, 1.82) is 0 Å². The molecule has 7 heteroatoms. The fourth-order valence-corrected chi connectivity index (χ4v) is 5.11. The zero-order valence-electron chi connectivity index (χ0n) is 17.7. The van der Waals surface area contributed by atoms with Crippen molar-refractivity contribution >= 4 is 21.4 Å². The predicted octanol–water partition coefficient (Wildman–Crippen LogP) is 4.15. The van der Waals surface area contributed by atoms with Gasteiger partial charge < -0.3 is 10.2 Å². The lowest BCUT2D eigenvalue weighted by Gasteiger charge is -2.20. The summed E-state index contributed by atoms with van der Waals surface area (Å²) in [5.41, 5.74) is 2.94. The van der Waals surface area contributed by atoms with Crippen LogP contribution >= 0.6 is 0 Å². The second-order valence-corrected chi connectivity index (χ2v) is 9.63. The lowest BCUT2D eigenvalue weighted by atomic mass is 10.1. The lowest BCUT2D eigenvalue weighted by molar-refractivity contribution is 0.0953. The van der Waals surface area contributed by atoms with E-state index in [2.05, 4.69) is 5.32 Å². The zero-order valence-corrected chi connectivity index (χ0v) is 18.5. The Balaban J connectivity index is 1.87. The van der Waals surface area contributed by atoms with Gasteiger partial charge >= 0.3 is 0 Å². The van der Waals surface area contributed by atoms with Gasteiger partial charge in [0.25, 0.3) is 5.91 Å².